The monoisotopic (exact) mass is 335 g/mol. The van der Waals surface area contributed by atoms with Crippen LogP contribution in [0.15, 0.2) is 71.9 Å². The molecule has 0 fully saturated rings. The van der Waals surface area contributed by atoms with E-state index in [1.54, 1.807) is 18.0 Å². The summed E-state index contributed by atoms with van der Waals surface area (Å²) in [6.07, 6.45) is 4.55. The summed E-state index contributed by atoms with van der Waals surface area (Å²) in [6, 6.07) is 18.2. The smallest absolute Gasteiger partial charge is 0.234 e. The molecule has 0 spiro atoms. The van der Waals surface area contributed by atoms with Gasteiger partial charge in [-0.05, 0) is 30.2 Å². The molecule has 4 nitrogen and oxygen atoms in total. The summed E-state index contributed by atoms with van der Waals surface area (Å²) >= 11 is 1.65. The number of carbonyl (C=O) groups excluding carboxylic acids is 1. The van der Waals surface area contributed by atoms with Crippen LogP contribution in [-0.4, -0.2) is 20.9 Å². The molecule has 120 valence electrons. The van der Waals surface area contributed by atoms with Gasteiger partial charge in [0.1, 0.15) is 0 Å². The van der Waals surface area contributed by atoms with E-state index in [4.69, 9.17) is 0 Å². The van der Waals surface area contributed by atoms with E-state index in [2.05, 4.69) is 22.5 Å². The highest BCUT2D eigenvalue weighted by Gasteiger charge is 2.27. The topological polar surface area (TPSA) is 46.9 Å². The number of hydrogen-bond donors (Lipinski definition) is 1. The van der Waals surface area contributed by atoms with E-state index in [1.165, 1.54) is 10.5 Å². The lowest BCUT2D eigenvalue weighted by atomic mass is 10.1. The van der Waals surface area contributed by atoms with Gasteiger partial charge in [0.25, 0.3) is 0 Å². The molecule has 4 rings (SSSR count). The highest BCUT2D eigenvalue weighted by Crippen LogP contribution is 2.36. The van der Waals surface area contributed by atoms with Crippen LogP contribution >= 0.6 is 11.8 Å². The highest BCUT2D eigenvalue weighted by molar-refractivity contribution is 8.01. The predicted molar refractivity (Wildman–Crippen MR) is 95.2 cm³/mol. The van der Waals surface area contributed by atoms with E-state index < -0.39 is 0 Å². The molecule has 0 aliphatic carbocycles. The van der Waals surface area contributed by atoms with Gasteiger partial charge in [-0.15, -0.1) is 11.8 Å². The first-order chi connectivity index (χ1) is 11.8. The molecule has 24 heavy (non-hydrogen) atoms. The van der Waals surface area contributed by atoms with Crippen LogP contribution in [0.4, 0.5) is 0 Å². The number of nitrogens with zero attached hydrogens (tertiary/aromatic N) is 2. The van der Waals surface area contributed by atoms with E-state index in [9.17, 15) is 4.79 Å². The van der Waals surface area contributed by atoms with Crippen molar-refractivity contribution < 1.29 is 4.79 Å². The Morgan fingerprint density at radius 2 is 1.96 bits per heavy atom. The van der Waals surface area contributed by atoms with Crippen molar-refractivity contribution in [2.45, 2.75) is 23.1 Å². The molecule has 5 heteroatoms. The average Bonchev–Trinajstić information content (AvgIpc) is 3.27. The number of thioether (sulfide) groups is 1. The molecule has 0 bridgehead atoms. The molecule has 0 saturated heterocycles. The zero-order chi connectivity index (χ0) is 16.4. The van der Waals surface area contributed by atoms with Crippen molar-refractivity contribution in [3.8, 4) is 5.69 Å². The van der Waals surface area contributed by atoms with Gasteiger partial charge in [0.15, 0.2) is 0 Å². The Morgan fingerprint density at radius 3 is 2.79 bits per heavy atom. The lowest BCUT2D eigenvalue weighted by molar-refractivity contribution is -0.120. The second-order valence-corrected chi connectivity index (χ2v) is 7.01. The molecule has 2 heterocycles. The molecule has 1 unspecified atom stereocenters. The maximum atomic E-state index is 12.4. The third kappa shape index (κ3) is 3.08. The summed E-state index contributed by atoms with van der Waals surface area (Å²) in [5.74, 6) is 0.0867. The number of para-hydroxylation sites is 1. The maximum Gasteiger partial charge on any atom is 0.234 e. The SMILES string of the molecule is O=C(NCc1cnn(-c2ccccc2)c1)C1Cc2ccccc2S1. The minimum atomic E-state index is -0.0356. The normalized spacial score (nSPS) is 15.9. The first-order valence-electron chi connectivity index (χ1n) is 7.91. The summed E-state index contributed by atoms with van der Waals surface area (Å²) in [5, 5.41) is 7.35. The van der Waals surface area contributed by atoms with Gasteiger partial charge in [-0.1, -0.05) is 36.4 Å². The fourth-order valence-electron chi connectivity index (χ4n) is 2.80. The van der Waals surface area contributed by atoms with Crippen molar-refractivity contribution in [1.82, 2.24) is 15.1 Å². The van der Waals surface area contributed by atoms with Crippen LogP contribution < -0.4 is 5.32 Å². The molecule has 0 radical (unpaired) electrons. The fourth-order valence-corrected chi connectivity index (χ4v) is 4.02. The van der Waals surface area contributed by atoms with Gasteiger partial charge in [-0.2, -0.15) is 5.10 Å². The van der Waals surface area contributed by atoms with Crippen LogP contribution in [0.5, 0.6) is 0 Å². The van der Waals surface area contributed by atoms with Crippen LogP contribution in [0.2, 0.25) is 0 Å². The molecular weight excluding hydrogens is 318 g/mol. The Bertz CT molecular complexity index is 835. The quantitative estimate of drug-likeness (QED) is 0.796. The second-order valence-electron chi connectivity index (χ2n) is 5.76. The minimum Gasteiger partial charge on any atom is -0.351 e. The standard InChI is InChI=1S/C19H17N3OS/c23-19(18-10-15-6-4-5-9-17(15)24-18)20-11-14-12-21-22(13-14)16-7-2-1-3-8-16/h1-9,12-13,18H,10-11H2,(H,20,23). The summed E-state index contributed by atoms with van der Waals surface area (Å²) in [7, 11) is 0. The van der Waals surface area contributed by atoms with Crippen molar-refractivity contribution in [1.29, 1.82) is 0 Å². The minimum absolute atomic E-state index is 0.0356. The largest absolute Gasteiger partial charge is 0.351 e. The summed E-state index contributed by atoms with van der Waals surface area (Å²) in [4.78, 5) is 13.6. The molecule has 2 aromatic carbocycles. The van der Waals surface area contributed by atoms with Gasteiger partial charge < -0.3 is 5.32 Å². The summed E-state index contributed by atoms with van der Waals surface area (Å²) < 4.78 is 1.82. The molecule has 1 atom stereocenters. The number of benzene rings is 2. The number of rotatable bonds is 4. The fraction of sp³-hybridized carbons (Fsp3) is 0.158. The van der Waals surface area contributed by atoms with Gasteiger partial charge in [-0.25, -0.2) is 4.68 Å². The van der Waals surface area contributed by atoms with Crippen LogP contribution in [0, 0.1) is 0 Å². The van der Waals surface area contributed by atoms with Crippen LogP contribution in [0.3, 0.4) is 0 Å². The van der Waals surface area contributed by atoms with Crippen LogP contribution in [-0.2, 0) is 17.8 Å². The van der Waals surface area contributed by atoms with E-state index >= 15 is 0 Å². The Balaban J connectivity index is 1.36. The number of carbonyl (C=O) groups is 1. The Hall–Kier alpha value is -2.53. The molecule has 1 aliphatic heterocycles. The molecule has 0 saturated carbocycles. The van der Waals surface area contributed by atoms with Gasteiger partial charge in [0.2, 0.25) is 5.91 Å². The molecule has 3 aromatic rings. The van der Waals surface area contributed by atoms with Crippen molar-refractivity contribution in [2.24, 2.45) is 0 Å². The Morgan fingerprint density at radius 1 is 1.17 bits per heavy atom. The van der Waals surface area contributed by atoms with Gasteiger partial charge in [-0.3, -0.25) is 4.79 Å². The second kappa shape index (κ2) is 6.53. The highest BCUT2D eigenvalue weighted by atomic mass is 32.2. The molecule has 1 aliphatic rings. The first-order valence-corrected chi connectivity index (χ1v) is 8.79. The van der Waals surface area contributed by atoms with Gasteiger partial charge in [0.05, 0.1) is 17.1 Å². The van der Waals surface area contributed by atoms with Gasteiger partial charge >= 0.3 is 0 Å². The Labute approximate surface area is 144 Å². The summed E-state index contributed by atoms with van der Waals surface area (Å²) in [5.41, 5.74) is 3.27. The predicted octanol–water partition coefficient (Wildman–Crippen LogP) is 3.21. The zero-order valence-corrected chi connectivity index (χ0v) is 13.9. The van der Waals surface area contributed by atoms with Crippen LogP contribution in [0.1, 0.15) is 11.1 Å². The van der Waals surface area contributed by atoms with Gasteiger partial charge in [0, 0.05) is 23.2 Å². The van der Waals surface area contributed by atoms with E-state index in [1.807, 2.05) is 53.3 Å². The first kappa shape index (κ1) is 15.0. The number of hydrogen-bond acceptors (Lipinski definition) is 3. The maximum absolute atomic E-state index is 12.4. The van der Waals surface area contributed by atoms with Crippen molar-refractivity contribution >= 4 is 17.7 Å². The Kier molecular flexibility index (Phi) is 4.09. The van der Waals surface area contributed by atoms with E-state index in [-0.39, 0.29) is 11.2 Å². The molecule has 1 N–H and O–H groups in total. The number of nitrogens with one attached hydrogen (secondary N) is 1. The third-order valence-corrected chi connectivity index (χ3v) is 5.38. The molecule has 1 aromatic heterocycles. The summed E-state index contributed by atoms with van der Waals surface area (Å²) in [6.45, 7) is 0.499. The number of fused-ring (bicyclic) bond motifs is 1. The van der Waals surface area contributed by atoms with Crippen LogP contribution in [0.25, 0.3) is 5.69 Å². The van der Waals surface area contributed by atoms with E-state index in [0.717, 1.165) is 17.7 Å². The lowest BCUT2D eigenvalue weighted by Crippen LogP contribution is -2.31. The number of aromatic nitrogens is 2. The lowest BCUT2D eigenvalue weighted by Gasteiger charge is -2.08. The molecule has 1 amide bonds. The average molecular weight is 335 g/mol. The van der Waals surface area contributed by atoms with E-state index in [0.29, 0.717) is 6.54 Å². The zero-order valence-electron chi connectivity index (χ0n) is 13.1. The number of amides is 1. The third-order valence-electron chi connectivity index (χ3n) is 4.06. The van der Waals surface area contributed by atoms with Crippen molar-refractivity contribution in [3.05, 3.63) is 78.1 Å². The van der Waals surface area contributed by atoms with Crippen molar-refractivity contribution in [2.75, 3.05) is 0 Å². The molecular formula is C19H17N3OS. The van der Waals surface area contributed by atoms with Crippen molar-refractivity contribution in [3.63, 3.8) is 0 Å².